The first-order valence-electron chi connectivity index (χ1n) is 5.74. The second-order valence-electron chi connectivity index (χ2n) is 4.50. The van der Waals surface area contributed by atoms with Crippen LogP contribution in [0.5, 0.6) is 0 Å². The Labute approximate surface area is 110 Å². The van der Waals surface area contributed by atoms with Gasteiger partial charge < -0.3 is 9.84 Å². The van der Waals surface area contributed by atoms with Crippen LogP contribution in [0.2, 0.25) is 0 Å². The lowest BCUT2D eigenvalue weighted by atomic mass is 10.3. The van der Waals surface area contributed by atoms with Crippen molar-refractivity contribution in [2.45, 2.75) is 31.1 Å². The molecule has 1 aromatic heterocycles. The molecule has 0 aromatic carbocycles. The lowest BCUT2D eigenvalue weighted by Crippen LogP contribution is -2.48. The minimum absolute atomic E-state index is 0.185. The van der Waals surface area contributed by atoms with Crippen LogP contribution in [-0.2, 0) is 14.8 Å². The molecule has 0 amide bonds. The number of carboxylic acids is 1. The van der Waals surface area contributed by atoms with Gasteiger partial charge in [0, 0.05) is 13.1 Å². The molecule has 1 aromatic rings. The third-order valence-corrected chi connectivity index (χ3v) is 4.62. The Hall–Kier alpha value is -1.45. The molecule has 2 atom stereocenters. The zero-order valence-corrected chi connectivity index (χ0v) is 11.3. The fourth-order valence-corrected chi connectivity index (χ4v) is 3.74. The van der Waals surface area contributed by atoms with Crippen LogP contribution in [0, 0.1) is 0 Å². The molecule has 9 heteroatoms. The van der Waals surface area contributed by atoms with Crippen LogP contribution in [0.1, 0.15) is 24.2 Å². The van der Waals surface area contributed by atoms with E-state index in [4.69, 9.17) is 9.84 Å². The molecule has 0 saturated carbocycles. The number of hydrogen-bond donors (Lipinski definition) is 2. The first-order valence-corrected chi connectivity index (χ1v) is 7.18. The summed E-state index contributed by atoms with van der Waals surface area (Å²) >= 11 is 0. The molecule has 106 valence electrons. The largest absolute Gasteiger partial charge is 0.478 e. The third kappa shape index (κ3) is 2.62. The van der Waals surface area contributed by atoms with E-state index in [1.54, 1.807) is 13.8 Å². The summed E-state index contributed by atoms with van der Waals surface area (Å²) in [6.45, 7) is 3.90. The molecule has 0 aliphatic carbocycles. The zero-order chi connectivity index (χ0) is 14.2. The number of rotatable bonds is 3. The molecule has 1 aliphatic rings. The number of H-pyrrole nitrogens is 1. The summed E-state index contributed by atoms with van der Waals surface area (Å²) in [5.41, 5.74) is -0.355. The summed E-state index contributed by atoms with van der Waals surface area (Å²) in [5, 5.41) is 14.3. The predicted octanol–water partition coefficient (Wildman–Crippen LogP) is -0.0942. The second-order valence-corrected chi connectivity index (χ2v) is 6.37. The fourth-order valence-electron chi connectivity index (χ4n) is 2.08. The van der Waals surface area contributed by atoms with E-state index < -0.39 is 16.0 Å². The van der Waals surface area contributed by atoms with Gasteiger partial charge in [0.1, 0.15) is 5.56 Å². The van der Waals surface area contributed by atoms with Crippen molar-refractivity contribution < 1.29 is 23.1 Å². The molecule has 2 rings (SSSR count). The number of aromatic amines is 1. The summed E-state index contributed by atoms with van der Waals surface area (Å²) in [5.74, 6) is -1.33. The Morgan fingerprint density at radius 1 is 1.47 bits per heavy atom. The van der Waals surface area contributed by atoms with Gasteiger partial charge in [-0.05, 0) is 13.8 Å². The van der Waals surface area contributed by atoms with Crippen LogP contribution in [0.25, 0.3) is 0 Å². The minimum atomic E-state index is -3.91. The van der Waals surface area contributed by atoms with E-state index in [0.717, 1.165) is 6.20 Å². The maximum atomic E-state index is 12.4. The number of aromatic nitrogens is 2. The Bertz CT molecular complexity index is 572. The highest BCUT2D eigenvalue weighted by molar-refractivity contribution is 7.89. The topological polar surface area (TPSA) is 113 Å². The summed E-state index contributed by atoms with van der Waals surface area (Å²) in [7, 11) is -3.91. The zero-order valence-electron chi connectivity index (χ0n) is 10.5. The van der Waals surface area contributed by atoms with Crippen LogP contribution in [0.3, 0.4) is 0 Å². The van der Waals surface area contributed by atoms with Gasteiger partial charge in [-0.15, -0.1) is 0 Å². The molecule has 0 bridgehead atoms. The molecule has 0 spiro atoms. The Morgan fingerprint density at radius 2 is 2.05 bits per heavy atom. The Morgan fingerprint density at radius 3 is 2.58 bits per heavy atom. The van der Waals surface area contributed by atoms with E-state index in [1.165, 1.54) is 4.31 Å². The summed E-state index contributed by atoms with van der Waals surface area (Å²) < 4.78 is 31.5. The molecule has 0 radical (unpaired) electrons. The number of carbonyl (C=O) groups is 1. The van der Waals surface area contributed by atoms with E-state index in [2.05, 4.69) is 10.2 Å². The van der Waals surface area contributed by atoms with Crippen LogP contribution in [0.4, 0.5) is 0 Å². The maximum Gasteiger partial charge on any atom is 0.340 e. The van der Waals surface area contributed by atoms with E-state index in [9.17, 15) is 13.2 Å². The number of nitrogens with zero attached hydrogens (tertiary/aromatic N) is 2. The highest BCUT2D eigenvalue weighted by Crippen LogP contribution is 2.22. The monoisotopic (exact) mass is 289 g/mol. The average molecular weight is 289 g/mol. The Kier molecular flexibility index (Phi) is 3.61. The van der Waals surface area contributed by atoms with Crippen molar-refractivity contribution in [3.05, 3.63) is 11.8 Å². The van der Waals surface area contributed by atoms with Gasteiger partial charge in [0.25, 0.3) is 10.0 Å². The van der Waals surface area contributed by atoms with E-state index >= 15 is 0 Å². The fraction of sp³-hybridized carbons (Fsp3) is 0.600. The predicted molar refractivity (Wildman–Crippen MR) is 64.3 cm³/mol. The van der Waals surface area contributed by atoms with Crippen LogP contribution in [0.15, 0.2) is 11.2 Å². The molecular weight excluding hydrogens is 274 g/mol. The summed E-state index contributed by atoms with van der Waals surface area (Å²) in [6, 6.07) is 0. The van der Waals surface area contributed by atoms with Gasteiger partial charge in [0.05, 0.1) is 18.4 Å². The number of aromatic carboxylic acids is 1. The van der Waals surface area contributed by atoms with Gasteiger partial charge in [0.2, 0.25) is 0 Å². The van der Waals surface area contributed by atoms with E-state index in [1.807, 2.05) is 0 Å². The van der Waals surface area contributed by atoms with E-state index in [-0.39, 0.29) is 35.9 Å². The highest BCUT2D eigenvalue weighted by atomic mass is 32.2. The number of carboxylic acid groups (broad SMARTS) is 1. The SMILES string of the molecule is CC1CN(S(=O)(=O)c2[nH]ncc2C(=O)O)CC(C)O1. The van der Waals surface area contributed by atoms with Crippen LogP contribution < -0.4 is 0 Å². The lowest BCUT2D eigenvalue weighted by molar-refractivity contribution is -0.0441. The quantitative estimate of drug-likeness (QED) is 0.804. The smallest absolute Gasteiger partial charge is 0.340 e. The van der Waals surface area contributed by atoms with Crippen molar-refractivity contribution in [1.29, 1.82) is 0 Å². The number of hydrogen-bond acceptors (Lipinski definition) is 5. The van der Waals surface area contributed by atoms with Crippen LogP contribution in [-0.4, -0.2) is 59.3 Å². The molecule has 1 saturated heterocycles. The van der Waals surface area contributed by atoms with Crippen LogP contribution >= 0.6 is 0 Å². The average Bonchev–Trinajstić information content (AvgIpc) is 2.76. The number of morpholine rings is 1. The molecule has 19 heavy (non-hydrogen) atoms. The van der Waals surface area contributed by atoms with Gasteiger partial charge in [-0.25, -0.2) is 13.2 Å². The molecular formula is C10H15N3O5S. The maximum absolute atomic E-state index is 12.4. The molecule has 1 aliphatic heterocycles. The van der Waals surface area contributed by atoms with Crippen molar-refractivity contribution in [2.75, 3.05) is 13.1 Å². The van der Waals surface area contributed by atoms with Crippen molar-refractivity contribution in [1.82, 2.24) is 14.5 Å². The Balaban J connectivity index is 2.37. The molecule has 8 nitrogen and oxygen atoms in total. The molecule has 2 N–H and O–H groups in total. The second kappa shape index (κ2) is 4.91. The number of nitrogens with one attached hydrogen (secondary N) is 1. The lowest BCUT2D eigenvalue weighted by Gasteiger charge is -2.34. The van der Waals surface area contributed by atoms with Gasteiger partial charge in [-0.2, -0.15) is 9.40 Å². The molecule has 1 fully saturated rings. The van der Waals surface area contributed by atoms with Gasteiger partial charge in [0.15, 0.2) is 5.03 Å². The standard InChI is InChI=1S/C10H15N3O5S/c1-6-4-13(5-7(2)18-6)19(16,17)9-8(10(14)15)3-11-12-9/h3,6-7H,4-5H2,1-2H3,(H,11,12)(H,14,15). The minimum Gasteiger partial charge on any atom is -0.478 e. The van der Waals surface area contributed by atoms with E-state index in [0.29, 0.717) is 0 Å². The van der Waals surface area contributed by atoms with Crippen molar-refractivity contribution in [3.8, 4) is 0 Å². The third-order valence-electron chi connectivity index (χ3n) is 2.82. The first-order chi connectivity index (χ1) is 8.82. The molecule has 2 heterocycles. The highest BCUT2D eigenvalue weighted by Gasteiger charge is 2.35. The van der Waals surface area contributed by atoms with Gasteiger partial charge in [-0.1, -0.05) is 0 Å². The van der Waals surface area contributed by atoms with Crippen molar-refractivity contribution in [2.24, 2.45) is 0 Å². The van der Waals surface area contributed by atoms with Gasteiger partial charge in [-0.3, -0.25) is 5.10 Å². The molecule has 2 unspecified atom stereocenters. The summed E-state index contributed by atoms with van der Waals surface area (Å²) in [4.78, 5) is 11.0. The number of ether oxygens (including phenoxy) is 1. The van der Waals surface area contributed by atoms with Crippen molar-refractivity contribution >= 4 is 16.0 Å². The summed E-state index contributed by atoms with van der Waals surface area (Å²) in [6.07, 6.45) is 0.507. The number of sulfonamides is 1. The normalized spacial score (nSPS) is 25.4. The van der Waals surface area contributed by atoms with Crippen molar-refractivity contribution in [3.63, 3.8) is 0 Å². The van der Waals surface area contributed by atoms with Gasteiger partial charge >= 0.3 is 5.97 Å². The first kappa shape index (κ1) is 14.0.